The van der Waals surface area contributed by atoms with Gasteiger partial charge in [0, 0.05) is 16.6 Å². The van der Waals surface area contributed by atoms with E-state index < -0.39 is 0 Å². The lowest BCUT2D eigenvalue weighted by atomic mass is 9.88. The van der Waals surface area contributed by atoms with Crippen molar-refractivity contribution in [2.75, 3.05) is 0 Å². The van der Waals surface area contributed by atoms with Crippen molar-refractivity contribution in [3.05, 3.63) is 34.6 Å². The van der Waals surface area contributed by atoms with Crippen LogP contribution in [0.3, 0.4) is 0 Å². The summed E-state index contributed by atoms with van der Waals surface area (Å²) in [4.78, 5) is 0. The summed E-state index contributed by atoms with van der Waals surface area (Å²) in [6.45, 7) is 0. The quantitative estimate of drug-likeness (QED) is 0.813. The Hall–Kier alpha value is -0.600. The van der Waals surface area contributed by atoms with Crippen LogP contribution >= 0.6 is 11.6 Å². The van der Waals surface area contributed by atoms with E-state index in [4.69, 9.17) is 17.3 Å². The molecule has 0 amide bonds. The maximum absolute atomic E-state index is 13.7. The Morgan fingerprint density at radius 3 is 2.50 bits per heavy atom. The molecule has 3 heteroatoms. The fourth-order valence-electron chi connectivity index (χ4n) is 2.87. The number of rotatable bonds is 3. The number of hydrogen-bond acceptors (Lipinski definition) is 1. The minimum absolute atomic E-state index is 0.0255. The van der Waals surface area contributed by atoms with Gasteiger partial charge in [0.05, 0.1) is 0 Å². The van der Waals surface area contributed by atoms with E-state index in [1.807, 2.05) is 0 Å². The van der Waals surface area contributed by atoms with Gasteiger partial charge in [-0.2, -0.15) is 0 Å². The number of halogens is 2. The van der Waals surface area contributed by atoms with E-state index in [1.165, 1.54) is 44.6 Å². The second-order valence-corrected chi connectivity index (χ2v) is 5.73. The maximum Gasteiger partial charge on any atom is 0.127 e. The normalized spacial score (nSPS) is 19.5. The summed E-state index contributed by atoms with van der Waals surface area (Å²) in [5.41, 5.74) is 6.84. The van der Waals surface area contributed by atoms with Gasteiger partial charge in [-0.15, -0.1) is 0 Å². The zero-order chi connectivity index (χ0) is 13.0. The average molecular weight is 270 g/mol. The number of benzene rings is 1. The smallest absolute Gasteiger partial charge is 0.127 e. The predicted molar refractivity (Wildman–Crippen MR) is 74.3 cm³/mol. The summed E-state index contributed by atoms with van der Waals surface area (Å²) in [5.74, 6) is 0.287. The first-order valence-electron chi connectivity index (χ1n) is 6.87. The molecular weight excluding hydrogens is 249 g/mol. The van der Waals surface area contributed by atoms with Crippen LogP contribution in [0.25, 0.3) is 0 Å². The van der Waals surface area contributed by atoms with Gasteiger partial charge in [0.2, 0.25) is 0 Å². The van der Waals surface area contributed by atoms with Gasteiger partial charge in [0.1, 0.15) is 5.82 Å². The van der Waals surface area contributed by atoms with E-state index in [0.29, 0.717) is 22.9 Å². The first-order valence-corrected chi connectivity index (χ1v) is 7.24. The van der Waals surface area contributed by atoms with Crippen molar-refractivity contribution in [2.45, 2.75) is 51.0 Å². The summed E-state index contributed by atoms with van der Waals surface area (Å²) in [7, 11) is 0. The van der Waals surface area contributed by atoms with E-state index in [9.17, 15) is 4.39 Å². The van der Waals surface area contributed by atoms with Gasteiger partial charge in [0.15, 0.2) is 0 Å². The van der Waals surface area contributed by atoms with Crippen molar-refractivity contribution in [1.29, 1.82) is 0 Å². The first-order chi connectivity index (χ1) is 8.68. The topological polar surface area (TPSA) is 26.0 Å². The Labute approximate surface area is 114 Å². The molecule has 0 spiro atoms. The lowest BCUT2D eigenvalue weighted by Gasteiger charge is -2.23. The fourth-order valence-corrected chi connectivity index (χ4v) is 3.11. The van der Waals surface area contributed by atoms with Crippen LogP contribution in [0.5, 0.6) is 0 Å². The molecule has 1 aliphatic rings. The molecule has 1 unspecified atom stereocenters. The molecule has 0 heterocycles. The molecule has 1 aromatic carbocycles. The van der Waals surface area contributed by atoms with Crippen molar-refractivity contribution in [3.8, 4) is 0 Å². The molecular formula is C15H21ClFN. The predicted octanol–water partition coefficient (Wildman–Crippen LogP) is 4.32. The number of hydrogen-bond donors (Lipinski definition) is 1. The minimum Gasteiger partial charge on any atom is -0.327 e. The molecule has 18 heavy (non-hydrogen) atoms. The largest absolute Gasteiger partial charge is 0.327 e. The maximum atomic E-state index is 13.7. The lowest BCUT2D eigenvalue weighted by molar-refractivity contribution is 0.369. The van der Waals surface area contributed by atoms with Crippen LogP contribution in [0, 0.1) is 11.7 Å². The van der Waals surface area contributed by atoms with Crippen molar-refractivity contribution in [1.82, 2.24) is 0 Å². The molecule has 1 fully saturated rings. The molecule has 100 valence electrons. The molecule has 0 bridgehead atoms. The third-order valence-corrected chi connectivity index (χ3v) is 4.36. The summed E-state index contributed by atoms with van der Waals surface area (Å²) in [6, 6.07) is 4.86. The molecule has 1 atom stereocenters. The van der Waals surface area contributed by atoms with E-state index in [2.05, 4.69) is 0 Å². The molecule has 0 aliphatic heterocycles. The molecule has 1 saturated carbocycles. The molecule has 0 aromatic heterocycles. The highest BCUT2D eigenvalue weighted by Gasteiger charge is 2.21. The van der Waals surface area contributed by atoms with Gasteiger partial charge < -0.3 is 5.73 Å². The van der Waals surface area contributed by atoms with Crippen LogP contribution in [0.2, 0.25) is 5.02 Å². The summed E-state index contributed by atoms with van der Waals surface area (Å²) < 4.78 is 13.7. The van der Waals surface area contributed by atoms with Crippen LogP contribution in [0.1, 0.15) is 44.1 Å². The third kappa shape index (κ3) is 3.46. The van der Waals surface area contributed by atoms with Crippen molar-refractivity contribution >= 4 is 11.6 Å². The zero-order valence-electron chi connectivity index (χ0n) is 10.7. The minimum atomic E-state index is -0.230. The molecule has 0 radical (unpaired) electrons. The molecule has 2 rings (SSSR count). The second kappa shape index (κ2) is 6.53. The number of nitrogens with two attached hydrogens (primary N) is 1. The molecule has 1 nitrogen and oxygen atoms in total. The molecule has 1 aliphatic carbocycles. The molecule has 2 N–H and O–H groups in total. The van der Waals surface area contributed by atoms with Crippen LogP contribution in [0.15, 0.2) is 18.2 Å². The standard InChI is InChI=1S/C15H21ClFN/c16-13-8-5-9-14(17)12(13)10-15(18)11-6-3-1-2-4-7-11/h5,8-9,11,15H,1-4,6-7,10,18H2. The first kappa shape index (κ1) is 13.8. The van der Waals surface area contributed by atoms with E-state index in [1.54, 1.807) is 12.1 Å². The SMILES string of the molecule is NC(Cc1c(F)cccc1Cl)C1CCCCCC1. The van der Waals surface area contributed by atoms with Crippen LogP contribution in [-0.2, 0) is 6.42 Å². The molecule has 0 saturated heterocycles. The van der Waals surface area contributed by atoms with E-state index in [0.717, 1.165) is 0 Å². The van der Waals surface area contributed by atoms with E-state index >= 15 is 0 Å². The Balaban J connectivity index is 2.03. The highest BCUT2D eigenvalue weighted by molar-refractivity contribution is 6.31. The Kier molecular flexibility index (Phi) is 5.02. The Bertz CT molecular complexity index is 366. The van der Waals surface area contributed by atoms with Gasteiger partial charge in [-0.25, -0.2) is 4.39 Å². The van der Waals surface area contributed by atoms with Crippen molar-refractivity contribution in [2.24, 2.45) is 11.7 Å². The van der Waals surface area contributed by atoms with E-state index in [-0.39, 0.29) is 11.9 Å². The average Bonchev–Trinajstić information content (AvgIpc) is 2.62. The molecule has 1 aromatic rings. The van der Waals surface area contributed by atoms with Crippen LogP contribution < -0.4 is 5.73 Å². The summed E-state index contributed by atoms with van der Waals surface area (Å²) in [6.07, 6.45) is 8.02. The van der Waals surface area contributed by atoms with Gasteiger partial charge >= 0.3 is 0 Å². The summed E-state index contributed by atoms with van der Waals surface area (Å²) in [5, 5.41) is 0.499. The Morgan fingerprint density at radius 1 is 1.22 bits per heavy atom. The summed E-state index contributed by atoms with van der Waals surface area (Å²) >= 11 is 6.05. The van der Waals surface area contributed by atoms with Crippen molar-refractivity contribution < 1.29 is 4.39 Å². The van der Waals surface area contributed by atoms with Crippen LogP contribution in [-0.4, -0.2) is 6.04 Å². The van der Waals surface area contributed by atoms with Crippen molar-refractivity contribution in [3.63, 3.8) is 0 Å². The monoisotopic (exact) mass is 269 g/mol. The zero-order valence-corrected chi connectivity index (χ0v) is 11.4. The second-order valence-electron chi connectivity index (χ2n) is 5.32. The van der Waals surface area contributed by atoms with Crippen LogP contribution in [0.4, 0.5) is 4.39 Å². The highest BCUT2D eigenvalue weighted by Crippen LogP contribution is 2.28. The van der Waals surface area contributed by atoms with Gasteiger partial charge in [0.25, 0.3) is 0 Å². The van der Waals surface area contributed by atoms with Gasteiger partial charge in [-0.1, -0.05) is 43.4 Å². The highest BCUT2D eigenvalue weighted by atomic mass is 35.5. The van der Waals surface area contributed by atoms with Gasteiger partial charge in [-0.3, -0.25) is 0 Å². The Morgan fingerprint density at radius 2 is 1.89 bits per heavy atom. The third-order valence-electron chi connectivity index (χ3n) is 4.01. The fraction of sp³-hybridized carbons (Fsp3) is 0.600. The van der Waals surface area contributed by atoms with Gasteiger partial charge in [-0.05, 0) is 37.3 Å². The lowest BCUT2D eigenvalue weighted by Crippen LogP contribution is -2.32.